The molecule has 3 rings (SSSR count). The summed E-state index contributed by atoms with van der Waals surface area (Å²) in [5.41, 5.74) is 1.17. The molecule has 8 nitrogen and oxygen atoms in total. The first-order valence-electron chi connectivity index (χ1n) is 10.1. The first-order valence-corrected chi connectivity index (χ1v) is 11.6. The van der Waals surface area contributed by atoms with Gasteiger partial charge in [-0.05, 0) is 67.9 Å². The van der Waals surface area contributed by atoms with Gasteiger partial charge in [0.15, 0.2) is 6.10 Å². The van der Waals surface area contributed by atoms with Crippen LogP contribution in [0.5, 0.6) is 17.2 Å². The van der Waals surface area contributed by atoms with E-state index in [9.17, 15) is 13.2 Å². The summed E-state index contributed by atoms with van der Waals surface area (Å²) in [7, 11) is -0.909. The van der Waals surface area contributed by atoms with Crippen LogP contribution in [0.4, 0.5) is 11.4 Å². The maximum atomic E-state index is 13.0. The standard InChI is InChI=1S/C24H26N2O6S/c1-16-9-10-18(25-24(27)17(2)32-20-13-11-19(30-3)12-14-20)15-23(16)33(28,29)26-21-7-5-6-8-22(21)31-4/h5-15,17,26H,1-4H3,(H,25,27). The molecule has 3 aromatic rings. The van der Waals surface area contributed by atoms with Crippen LogP contribution in [0.1, 0.15) is 12.5 Å². The Bertz CT molecular complexity index is 1230. The lowest BCUT2D eigenvalue weighted by Gasteiger charge is -2.17. The van der Waals surface area contributed by atoms with Gasteiger partial charge in [0.2, 0.25) is 0 Å². The number of methoxy groups -OCH3 is 2. The molecule has 0 fully saturated rings. The number of carbonyl (C=O) groups is 1. The molecule has 33 heavy (non-hydrogen) atoms. The molecule has 0 spiro atoms. The van der Waals surface area contributed by atoms with E-state index < -0.39 is 22.0 Å². The van der Waals surface area contributed by atoms with Gasteiger partial charge in [-0.3, -0.25) is 9.52 Å². The monoisotopic (exact) mass is 470 g/mol. The normalized spacial score (nSPS) is 11.9. The van der Waals surface area contributed by atoms with Crippen molar-refractivity contribution in [3.8, 4) is 17.2 Å². The average molecular weight is 471 g/mol. The van der Waals surface area contributed by atoms with Gasteiger partial charge in [-0.2, -0.15) is 0 Å². The number of carbonyl (C=O) groups excluding carboxylic acids is 1. The predicted octanol–water partition coefficient (Wildman–Crippen LogP) is 4.22. The smallest absolute Gasteiger partial charge is 0.265 e. The number of rotatable bonds is 9. The number of para-hydroxylation sites is 2. The van der Waals surface area contributed by atoms with Crippen LogP contribution in [0.3, 0.4) is 0 Å². The molecule has 3 aromatic carbocycles. The van der Waals surface area contributed by atoms with Crippen LogP contribution < -0.4 is 24.2 Å². The second-order valence-corrected chi connectivity index (χ2v) is 8.86. The Morgan fingerprint density at radius 2 is 1.58 bits per heavy atom. The second kappa shape index (κ2) is 10.3. The minimum Gasteiger partial charge on any atom is -0.497 e. The summed E-state index contributed by atoms with van der Waals surface area (Å²) in [6.45, 7) is 3.28. The highest BCUT2D eigenvalue weighted by Crippen LogP contribution is 2.28. The molecule has 0 heterocycles. The van der Waals surface area contributed by atoms with E-state index in [0.717, 1.165) is 0 Å². The molecule has 9 heteroatoms. The summed E-state index contributed by atoms with van der Waals surface area (Å²) in [5.74, 6) is 1.16. The molecule has 0 bridgehead atoms. The first kappa shape index (κ1) is 23.9. The first-order chi connectivity index (χ1) is 15.7. The third-order valence-electron chi connectivity index (χ3n) is 4.84. The lowest BCUT2D eigenvalue weighted by molar-refractivity contribution is -0.122. The number of ether oxygens (including phenoxy) is 3. The number of aryl methyl sites for hydroxylation is 1. The number of hydrogen-bond donors (Lipinski definition) is 2. The molecular weight excluding hydrogens is 444 g/mol. The van der Waals surface area contributed by atoms with Crippen molar-refractivity contribution in [2.45, 2.75) is 24.8 Å². The number of benzene rings is 3. The number of nitrogens with one attached hydrogen (secondary N) is 2. The highest BCUT2D eigenvalue weighted by molar-refractivity contribution is 7.92. The van der Waals surface area contributed by atoms with Crippen molar-refractivity contribution in [1.82, 2.24) is 0 Å². The van der Waals surface area contributed by atoms with Crippen molar-refractivity contribution in [2.75, 3.05) is 24.3 Å². The molecule has 0 aliphatic rings. The maximum absolute atomic E-state index is 13.0. The average Bonchev–Trinajstić information content (AvgIpc) is 2.80. The Kier molecular flexibility index (Phi) is 7.44. The van der Waals surface area contributed by atoms with Gasteiger partial charge in [0.25, 0.3) is 15.9 Å². The molecule has 1 amide bonds. The van der Waals surface area contributed by atoms with Crippen molar-refractivity contribution in [1.29, 1.82) is 0 Å². The summed E-state index contributed by atoms with van der Waals surface area (Å²) in [6.07, 6.45) is -0.813. The lowest BCUT2D eigenvalue weighted by atomic mass is 10.2. The number of anilines is 2. The Balaban J connectivity index is 1.75. The van der Waals surface area contributed by atoms with Crippen LogP contribution in [0, 0.1) is 6.92 Å². The Morgan fingerprint density at radius 1 is 0.909 bits per heavy atom. The van der Waals surface area contributed by atoms with E-state index >= 15 is 0 Å². The lowest BCUT2D eigenvalue weighted by Crippen LogP contribution is -2.30. The van der Waals surface area contributed by atoms with E-state index in [4.69, 9.17) is 14.2 Å². The van der Waals surface area contributed by atoms with E-state index in [1.54, 1.807) is 81.6 Å². The SMILES string of the molecule is COc1ccc(OC(C)C(=O)Nc2ccc(C)c(S(=O)(=O)Nc3ccccc3OC)c2)cc1. The molecular formula is C24H26N2O6S. The summed E-state index contributed by atoms with van der Waals surface area (Å²) in [6, 6.07) is 18.2. The van der Waals surface area contributed by atoms with Crippen molar-refractivity contribution in [3.63, 3.8) is 0 Å². The summed E-state index contributed by atoms with van der Waals surface area (Å²) in [5, 5.41) is 2.71. The Hall–Kier alpha value is -3.72. The number of amides is 1. The van der Waals surface area contributed by atoms with Crippen LogP contribution in [0.2, 0.25) is 0 Å². The summed E-state index contributed by atoms with van der Waals surface area (Å²) >= 11 is 0. The topological polar surface area (TPSA) is 103 Å². The fourth-order valence-corrected chi connectivity index (χ4v) is 4.39. The molecule has 2 N–H and O–H groups in total. The fourth-order valence-electron chi connectivity index (χ4n) is 3.05. The Morgan fingerprint density at radius 3 is 2.24 bits per heavy atom. The summed E-state index contributed by atoms with van der Waals surface area (Å²) < 4.78 is 44.6. The molecule has 1 atom stereocenters. The quantitative estimate of drug-likeness (QED) is 0.485. The molecule has 0 radical (unpaired) electrons. The molecule has 0 aliphatic heterocycles. The second-order valence-electron chi connectivity index (χ2n) is 7.21. The third kappa shape index (κ3) is 5.95. The molecule has 0 saturated heterocycles. The highest BCUT2D eigenvalue weighted by Gasteiger charge is 2.21. The van der Waals surface area contributed by atoms with E-state index in [2.05, 4.69) is 10.0 Å². The fraction of sp³-hybridized carbons (Fsp3) is 0.208. The zero-order valence-electron chi connectivity index (χ0n) is 18.8. The third-order valence-corrected chi connectivity index (χ3v) is 6.35. The van der Waals surface area contributed by atoms with Gasteiger partial charge in [-0.15, -0.1) is 0 Å². The largest absolute Gasteiger partial charge is 0.497 e. The molecule has 1 unspecified atom stereocenters. The molecule has 0 aromatic heterocycles. The van der Waals surface area contributed by atoms with Gasteiger partial charge in [-0.25, -0.2) is 8.42 Å². The van der Waals surface area contributed by atoms with Crippen LogP contribution >= 0.6 is 0 Å². The maximum Gasteiger partial charge on any atom is 0.265 e. The summed E-state index contributed by atoms with van der Waals surface area (Å²) in [4.78, 5) is 12.7. The highest BCUT2D eigenvalue weighted by atomic mass is 32.2. The van der Waals surface area contributed by atoms with Crippen molar-refractivity contribution in [2.24, 2.45) is 0 Å². The Labute approximate surface area is 193 Å². The van der Waals surface area contributed by atoms with E-state index in [1.165, 1.54) is 13.2 Å². The van der Waals surface area contributed by atoms with Crippen molar-refractivity contribution < 1.29 is 27.4 Å². The van der Waals surface area contributed by atoms with E-state index in [1.807, 2.05) is 0 Å². The van der Waals surface area contributed by atoms with Gasteiger partial charge in [-0.1, -0.05) is 18.2 Å². The molecule has 0 aliphatic carbocycles. The van der Waals surface area contributed by atoms with E-state index in [-0.39, 0.29) is 4.90 Å². The zero-order chi connectivity index (χ0) is 24.0. The minimum absolute atomic E-state index is 0.0370. The van der Waals surface area contributed by atoms with Gasteiger partial charge >= 0.3 is 0 Å². The molecule has 174 valence electrons. The van der Waals surface area contributed by atoms with Crippen molar-refractivity contribution in [3.05, 3.63) is 72.3 Å². The van der Waals surface area contributed by atoms with Crippen LogP contribution in [-0.2, 0) is 14.8 Å². The van der Waals surface area contributed by atoms with Crippen LogP contribution in [0.25, 0.3) is 0 Å². The minimum atomic E-state index is -3.93. The number of hydrogen-bond acceptors (Lipinski definition) is 6. The van der Waals surface area contributed by atoms with Gasteiger partial charge in [0, 0.05) is 5.69 Å². The van der Waals surface area contributed by atoms with Crippen LogP contribution in [0.15, 0.2) is 71.6 Å². The van der Waals surface area contributed by atoms with E-state index in [0.29, 0.717) is 34.2 Å². The predicted molar refractivity (Wildman–Crippen MR) is 127 cm³/mol. The van der Waals surface area contributed by atoms with Gasteiger partial charge in [0.05, 0.1) is 24.8 Å². The number of sulfonamides is 1. The van der Waals surface area contributed by atoms with Gasteiger partial charge < -0.3 is 19.5 Å². The van der Waals surface area contributed by atoms with Crippen molar-refractivity contribution >= 4 is 27.3 Å². The van der Waals surface area contributed by atoms with Crippen LogP contribution in [-0.4, -0.2) is 34.6 Å². The zero-order valence-corrected chi connectivity index (χ0v) is 19.6. The van der Waals surface area contributed by atoms with Gasteiger partial charge in [0.1, 0.15) is 17.2 Å². The molecule has 0 saturated carbocycles.